The Morgan fingerprint density at radius 3 is 2.59 bits per heavy atom. The Morgan fingerprint density at radius 2 is 1.96 bits per heavy atom. The average Bonchev–Trinajstić information content (AvgIpc) is 2.63. The van der Waals surface area contributed by atoms with Crippen molar-refractivity contribution >= 4 is 27.4 Å². The minimum absolute atomic E-state index is 0.183. The molecule has 8 heteroatoms. The third kappa shape index (κ3) is 5.17. The second-order valence-electron chi connectivity index (χ2n) is 5.73. The lowest BCUT2D eigenvalue weighted by atomic mass is 10.1. The molecule has 0 unspecified atom stereocenters. The molecule has 0 radical (unpaired) electrons. The fourth-order valence-corrected chi connectivity index (χ4v) is 2.96. The molecule has 0 bridgehead atoms. The van der Waals surface area contributed by atoms with Crippen molar-refractivity contribution < 1.29 is 17.8 Å². The molecule has 0 heterocycles. The third-order valence-electron chi connectivity index (χ3n) is 3.86. The summed E-state index contributed by atoms with van der Waals surface area (Å²) < 4.78 is 31.4. The highest BCUT2D eigenvalue weighted by atomic mass is 32.2. The van der Waals surface area contributed by atoms with Gasteiger partial charge in [-0.1, -0.05) is 31.2 Å². The number of benzene rings is 2. The number of hydrogen-bond acceptors (Lipinski definition) is 5. The van der Waals surface area contributed by atoms with Crippen LogP contribution in [-0.4, -0.2) is 18.9 Å². The van der Waals surface area contributed by atoms with Gasteiger partial charge in [-0.15, -0.1) is 0 Å². The van der Waals surface area contributed by atoms with Crippen molar-refractivity contribution in [3.8, 4) is 6.07 Å². The molecule has 0 aromatic heterocycles. The van der Waals surface area contributed by atoms with E-state index in [1.54, 1.807) is 0 Å². The molecule has 140 valence electrons. The van der Waals surface area contributed by atoms with Gasteiger partial charge in [0.15, 0.2) is 0 Å². The van der Waals surface area contributed by atoms with Crippen molar-refractivity contribution in [3.05, 3.63) is 65.4 Å². The van der Waals surface area contributed by atoms with Crippen LogP contribution in [0.25, 0.3) is 0 Å². The summed E-state index contributed by atoms with van der Waals surface area (Å²) in [6.07, 6.45) is 1.91. The number of para-hydroxylation sites is 1. The molecule has 2 aromatic carbocycles. The third-order valence-corrected chi connectivity index (χ3v) is 4.71. The first kappa shape index (κ1) is 20.2. The molecule has 0 spiro atoms. The van der Waals surface area contributed by atoms with E-state index in [1.165, 1.54) is 30.5 Å². The second-order valence-corrected chi connectivity index (χ2v) is 7.16. The van der Waals surface area contributed by atoms with Crippen LogP contribution >= 0.6 is 0 Å². The molecule has 0 fully saturated rings. The number of rotatable bonds is 6. The van der Waals surface area contributed by atoms with Gasteiger partial charge in [0.25, 0.3) is 16.0 Å². The highest BCUT2D eigenvalue weighted by Gasteiger charge is 2.13. The molecular formula is C19H19N3O4S. The van der Waals surface area contributed by atoms with E-state index >= 15 is 0 Å². The minimum atomic E-state index is -4.34. The molecular weight excluding hydrogens is 366 g/mol. The first-order valence-corrected chi connectivity index (χ1v) is 9.54. The van der Waals surface area contributed by atoms with Gasteiger partial charge in [-0.3, -0.25) is 9.35 Å². The number of amides is 1. The quantitative estimate of drug-likeness (QED) is 0.399. The molecule has 1 amide bonds. The monoisotopic (exact) mass is 385 g/mol. The lowest BCUT2D eigenvalue weighted by Gasteiger charge is -2.12. The van der Waals surface area contributed by atoms with E-state index in [4.69, 9.17) is 4.55 Å². The van der Waals surface area contributed by atoms with E-state index in [2.05, 4.69) is 10.6 Å². The summed E-state index contributed by atoms with van der Waals surface area (Å²) in [5.41, 5.74) is 2.62. The fraction of sp³-hybridized carbons (Fsp3) is 0.158. The Bertz CT molecular complexity index is 1040. The van der Waals surface area contributed by atoms with Gasteiger partial charge in [-0.25, -0.2) is 0 Å². The molecule has 27 heavy (non-hydrogen) atoms. The minimum Gasteiger partial charge on any atom is -0.360 e. The van der Waals surface area contributed by atoms with Crippen LogP contribution in [0.5, 0.6) is 0 Å². The van der Waals surface area contributed by atoms with Crippen molar-refractivity contribution in [2.24, 2.45) is 0 Å². The van der Waals surface area contributed by atoms with Gasteiger partial charge >= 0.3 is 0 Å². The highest BCUT2D eigenvalue weighted by Crippen LogP contribution is 2.22. The summed E-state index contributed by atoms with van der Waals surface area (Å²) >= 11 is 0. The van der Waals surface area contributed by atoms with E-state index in [1.807, 2.05) is 38.1 Å². The number of nitriles is 1. The van der Waals surface area contributed by atoms with Crippen molar-refractivity contribution in [1.82, 2.24) is 0 Å². The molecule has 0 aliphatic rings. The molecule has 0 saturated heterocycles. The summed E-state index contributed by atoms with van der Waals surface area (Å²) in [6.45, 7) is 3.83. The number of carbonyl (C=O) groups excluding carboxylic acids is 1. The lowest BCUT2D eigenvalue weighted by molar-refractivity contribution is -0.112. The standard InChI is InChI=1S/C19H19N3O4S/c1-3-14-7-4-6-13(2)18(14)22-19(23)15(11-20)12-21-16-8-5-9-17(10-16)27(24,25)26/h4-10,12,21H,3H2,1-2H3,(H,22,23)(H,24,25,26)/b15-12-. The second kappa shape index (κ2) is 8.49. The van der Waals surface area contributed by atoms with Crippen LogP contribution in [0.4, 0.5) is 11.4 Å². The molecule has 0 aliphatic heterocycles. The summed E-state index contributed by atoms with van der Waals surface area (Å²) in [5, 5.41) is 14.7. The van der Waals surface area contributed by atoms with Crippen LogP contribution in [0.3, 0.4) is 0 Å². The number of hydrogen-bond donors (Lipinski definition) is 3. The zero-order valence-electron chi connectivity index (χ0n) is 14.9. The maximum atomic E-state index is 12.4. The summed E-state index contributed by atoms with van der Waals surface area (Å²) in [5.74, 6) is -0.583. The van der Waals surface area contributed by atoms with Gasteiger partial charge in [0.05, 0.1) is 4.90 Å². The molecule has 2 aromatic rings. The average molecular weight is 385 g/mol. The number of anilines is 2. The summed E-state index contributed by atoms with van der Waals surface area (Å²) in [4.78, 5) is 12.1. The Balaban J connectivity index is 2.22. The Kier molecular flexibility index (Phi) is 6.34. The number of nitrogens with one attached hydrogen (secondary N) is 2. The smallest absolute Gasteiger partial charge is 0.294 e. The summed E-state index contributed by atoms with van der Waals surface area (Å²) in [7, 11) is -4.34. The predicted molar refractivity (Wildman–Crippen MR) is 103 cm³/mol. The SMILES string of the molecule is CCc1cccc(C)c1NC(=O)/C(C#N)=C\Nc1cccc(S(=O)(=O)O)c1. The first-order chi connectivity index (χ1) is 12.8. The van der Waals surface area contributed by atoms with Crippen LogP contribution < -0.4 is 10.6 Å². The van der Waals surface area contributed by atoms with Gasteiger partial charge in [-0.05, 0) is 42.7 Å². The zero-order valence-corrected chi connectivity index (χ0v) is 15.7. The predicted octanol–water partition coefficient (Wildman–Crippen LogP) is 3.26. The van der Waals surface area contributed by atoms with E-state index in [0.29, 0.717) is 11.4 Å². The van der Waals surface area contributed by atoms with Crippen LogP contribution in [0.1, 0.15) is 18.1 Å². The normalized spacial score (nSPS) is 11.6. The zero-order chi connectivity index (χ0) is 20.0. The summed E-state index contributed by atoms with van der Waals surface area (Å²) in [6, 6.07) is 12.9. The number of carbonyl (C=O) groups is 1. The van der Waals surface area contributed by atoms with Gasteiger partial charge < -0.3 is 10.6 Å². The van der Waals surface area contributed by atoms with Crippen LogP contribution in [0.2, 0.25) is 0 Å². The van der Waals surface area contributed by atoms with E-state index < -0.39 is 16.0 Å². The molecule has 7 nitrogen and oxygen atoms in total. The molecule has 0 saturated carbocycles. The van der Waals surface area contributed by atoms with Crippen molar-refractivity contribution in [2.45, 2.75) is 25.2 Å². The van der Waals surface area contributed by atoms with Crippen molar-refractivity contribution in [3.63, 3.8) is 0 Å². The van der Waals surface area contributed by atoms with E-state index in [9.17, 15) is 18.5 Å². The Hall–Kier alpha value is -3.15. The number of aryl methyl sites for hydroxylation is 2. The molecule has 2 rings (SSSR count). The first-order valence-electron chi connectivity index (χ1n) is 8.10. The maximum Gasteiger partial charge on any atom is 0.294 e. The largest absolute Gasteiger partial charge is 0.360 e. The van der Waals surface area contributed by atoms with E-state index in [0.717, 1.165) is 17.5 Å². The van der Waals surface area contributed by atoms with Crippen molar-refractivity contribution in [2.75, 3.05) is 10.6 Å². The Morgan fingerprint density at radius 1 is 1.26 bits per heavy atom. The maximum absolute atomic E-state index is 12.4. The van der Waals surface area contributed by atoms with Gasteiger partial charge in [0.2, 0.25) is 0 Å². The van der Waals surface area contributed by atoms with Crippen LogP contribution in [0.15, 0.2) is 59.1 Å². The fourth-order valence-electron chi connectivity index (χ4n) is 2.43. The van der Waals surface area contributed by atoms with Gasteiger partial charge in [0, 0.05) is 17.6 Å². The van der Waals surface area contributed by atoms with Gasteiger partial charge in [-0.2, -0.15) is 13.7 Å². The van der Waals surface area contributed by atoms with Crippen LogP contribution in [-0.2, 0) is 21.3 Å². The van der Waals surface area contributed by atoms with Crippen LogP contribution in [0, 0.1) is 18.3 Å². The lowest BCUT2D eigenvalue weighted by Crippen LogP contribution is -2.16. The number of nitrogens with zero attached hydrogens (tertiary/aromatic N) is 1. The van der Waals surface area contributed by atoms with Gasteiger partial charge in [0.1, 0.15) is 11.6 Å². The van der Waals surface area contributed by atoms with Crippen molar-refractivity contribution in [1.29, 1.82) is 5.26 Å². The highest BCUT2D eigenvalue weighted by molar-refractivity contribution is 7.85. The Labute approximate surface area is 158 Å². The topological polar surface area (TPSA) is 119 Å². The van der Waals surface area contributed by atoms with E-state index in [-0.39, 0.29) is 10.5 Å². The molecule has 0 aliphatic carbocycles. The molecule has 3 N–H and O–H groups in total. The molecule has 0 atom stereocenters.